The van der Waals surface area contributed by atoms with Gasteiger partial charge in [0.1, 0.15) is 0 Å². The van der Waals surface area contributed by atoms with Crippen LogP contribution in [0.25, 0.3) is 0 Å². The van der Waals surface area contributed by atoms with Crippen molar-refractivity contribution >= 4 is 0 Å². The molecule has 1 aromatic rings. The number of aliphatic hydroxyl groups is 1. The van der Waals surface area contributed by atoms with Crippen molar-refractivity contribution in [2.45, 2.75) is 44.4 Å². The predicted molar refractivity (Wildman–Crippen MR) is 62.7 cm³/mol. The fraction of sp³-hybridized carbons (Fsp3) is 0.538. The van der Waals surface area contributed by atoms with E-state index in [1.807, 2.05) is 12.1 Å². The Labute approximate surface area is 96.9 Å². The monoisotopic (exact) mass is 218 g/mol. The predicted octanol–water partition coefficient (Wildman–Crippen LogP) is 1.53. The van der Waals surface area contributed by atoms with E-state index in [4.69, 9.17) is 6.92 Å². The van der Waals surface area contributed by atoms with Gasteiger partial charge in [-0.2, -0.15) is 0 Å². The molecule has 0 aliphatic heterocycles. The SMILES string of the molecule is [CH]c1cc(CNC2CCC(O)CC2)ccn1. The van der Waals surface area contributed by atoms with E-state index in [1.165, 1.54) is 5.56 Å². The van der Waals surface area contributed by atoms with Crippen molar-refractivity contribution in [1.29, 1.82) is 0 Å². The first-order valence-corrected chi connectivity index (χ1v) is 5.86. The average Bonchev–Trinajstić information content (AvgIpc) is 2.28. The van der Waals surface area contributed by atoms with Crippen LogP contribution in [-0.4, -0.2) is 22.2 Å². The third-order valence-electron chi connectivity index (χ3n) is 3.14. The minimum atomic E-state index is -0.0883. The average molecular weight is 218 g/mol. The largest absolute Gasteiger partial charge is 0.393 e. The summed E-state index contributed by atoms with van der Waals surface area (Å²) in [6.07, 6.45) is 5.59. The van der Waals surface area contributed by atoms with Crippen molar-refractivity contribution in [3.05, 3.63) is 36.5 Å². The Hall–Kier alpha value is -0.930. The molecule has 0 amide bonds. The molecule has 1 aliphatic carbocycles. The van der Waals surface area contributed by atoms with Gasteiger partial charge in [-0.15, -0.1) is 0 Å². The lowest BCUT2D eigenvalue weighted by Gasteiger charge is -2.26. The molecular weight excluding hydrogens is 200 g/mol. The number of nitrogens with one attached hydrogen (secondary N) is 1. The molecule has 0 aromatic carbocycles. The Balaban J connectivity index is 1.79. The van der Waals surface area contributed by atoms with E-state index in [9.17, 15) is 5.11 Å². The van der Waals surface area contributed by atoms with Crippen LogP contribution in [0, 0.1) is 6.92 Å². The molecule has 0 unspecified atom stereocenters. The number of hydrogen-bond donors (Lipinski definition) is 2. The normalized spacial score (nSPS) is 25.6. The van der Waals surface area contributed by atoms with Gasteiger partial charge in [0, 0.05) is 31.4 Å². The molecule has 0 spiro atoms. The second-order valence-corrected chi connectivity index (χ2v) is 4.48. The van der Waals surface area contributed by atoms with Gasteiger partial charge in [-0.05, 0) is 43.4 Å². The smallest absolute Gasteiger partial charge is 0.0541 e. The van der Waals surface area contributed by atoms with Gasteiger partial charge in [0.25, 0.3) is 0 Å². The van der Waals surface area contributed by atoms with Crippen LogP contribution in [0.2, 0.25) is 0 Å². The van der Waals surface area contributed by atoms with Crippen LogP contribution in [0.3, 0.4) is 0 Å². The molecule has 16 heavy (non-hydrogen) atoms. The molecule has 1 fully saturated rings. The third kappa shape index (κ3) is 3.29. The van der Waals surface area contributed by atoms with E-state index in [0.29, 0.717) is 11.7 Å². The molecule has 0 atom stereocenters. The van der Waals surface area contributed by atoms with Crippen LogP contribution in [0.15, 0.2) is 18.3 Å². The molecule has 1 heterocycles. The molecule has 86 valence electrons. The first kappa shape index (κ1) is 11.6. The maximum Gasteiger partial charge on any atom is 0.0541 e. The van der Waals surface area contributed by atoms with Gasteiger partial charge < -0.3 is 10.4 Å². The number of nitrogens with zero attached hydrogens (tertiary/aromatic N) is 1. The molecule has 1 saturated carbocycles. The molecular formula is C13H18N2O. The summed E-state index contributed by atoms with van der Waals surface area (Å²) in [5, 5.41) is 12.9. The zero-order valence-corrected chi connectivity index (χ0v) is 9.39. The first-order valence-electron chi connectivity index (χ1n) is 5.86. The Morgan fingerprint density at radius 2 is 2.12 bits per heavy atom. The van der Waals surface area contributed by atoms with Crippen molar-refractivity contribution in [3.63, 3.8) is 0 Å². The summed E-state index contributed by atoms with van der Waals surface area (Å²) in [7, 11) is 0. The van der Waals surface area contributed by atoms with Gasteiger partial charge in [-0.3, -0.25) is 4.98 Å². The van der Waals surface area contributed by atoms with Gasteiger partial charge in [0.15, 0.2) is 0 Å². The highest BCUT2D eigenvalue weighted by atomic mass is 16.3. The highest BCUT2D eigenvalue weighted by Crippen LogP contribution is 2.18. The van der Waals surface area contributed by atoms with Crippen molar-refractivity contribution in [3.8, 4) is 0 Å². The number of aromatic nitrogens is 1. The molecule has 3 heteroatoms. The van der Waals surface area contributed by atoms with Crippen molar-refractivity contribution in [2.75, 3.05) is 0 Å². The lowest BCUT2D eigenvalue weighted by Crippen LogP contribution is -2.34. The lowest BCUT2D eigenvalue weighted by atomic mass is 9.93. The summed E-state index contributed by atoms with van der Waals surface area (Å²) >= 11 is 0. The Morgan fingerprint density at radius 1 is 1.38 bits per heavy atom. The number of hydrogen-bond acceptors (Lipinski definition) is 3. The van der Waals surface area contributed by atoms with Gasteiger partial charge in [-0.1, -0.05) is 0 Å². The van der Waals surface area contributed by atoms with Gasteiger partial charge >= 0.3 is 0 Å². The fourth-order valence-electron chi connectivity index (χ4n) is 2.15. The van der Waals surface area contributed by atoms with Crippen LogP contribution in [0.1, 0.15) is 36.9 Å². The summed E-state index contributed by atoms with van der Waals surface area (Å²) in [4.78, 5) is 3.96. The Kier molecular flexibility index (Phi) is 3.91. The zero-order valence-electron chi connectivity index (χ0n) is 9.39. The molecule has 2 radical (unpaired) electrons. The molecule has 3 nitrogen and oxygen atoms in total. The lowest BCUT2D eigenvalue weighted by molar-refractivity contribution is 0.116. The highest BCUT2D eigenvalue weighted by molar-refractivity contribution is 5.17. The molecule has 2 rings (SSSR count). The topological polar surface area (TPSA) is 45.1 Å². The second-order valence-electron chi connectivity index (χ2n) is 4.48. The van der Waals surface area contributed by atoms with Crippen LogP contribution < -0.4 is 5.32 Å². The minimum absolute atomic E-state index is 0.0883. The Bertz CT molecular complexity index is 332. The molecule has 0 bridgehead atoms. The Morgan fingerprint density at radius 3 is 2.81 bits per heavy atom. The molecule has 1 aromatic heterocycles. The van der Waals surface area contributed by atoms with Crippen molar-refractivity contribution in [1.82, 2.24) is 10.3 Å². The fourth-order valence-corrected chi connectivity index (χ4v) is 2.15. The van der Waals surface area contributed by atoms with Gasteiger partial charge in [-0.25, -0.2) is 0 Å². The number of pyridine rings is 1. The molecule has 2 N–H and O–H groups in total. The number of rotatable bonds is 3. The van der Waals surface area contributed by atoms with E-state index in [0.717, 1.165) is 32.2 Å². The van der Waals surface area contributed by atoms with Gasteiger partial charge in [0.2, 0.25) is 0 Å². The quantitative estimate of drug-likeness (QED) is 0.808. The minimum Gasteiger partial charge on any atom is -0.393 e. The van der Waals surface area contributed by atoms with Crippen LogP contribution in [0.4, 0.5) is 0 Å². The first-order chi connectivity index (χ1) is 7.74. The number of aliphatic hydroxyl groups excluding tert-OH is 1. The van der Waals surface area contributed by atoms with Crippen molar-refractivity contribution < 1.29 is 5.11 Å². The maximum atomic E-state index is 9.40. The van der Waals surface area contributed by atoms with Crippen molar-refractivity contribution in [2.24, 2.45) is 0 Å². The summed E-state index contributed by atoms with van der Waals surface area (Å²) in [6.45, 7) is 6.44. The molecule has 1 aliphatic rings. The van der Waals surface area contributed by atoms with Crippen LogP contribution in [0.5, 0.6) is 0 Å². The summed E-state index contributed by atoms with van der Waals surface area (Å²) in [6, 6.07) is 4.39. The van der Waals surface area contributed by atoms with E-state index < -0.39 is 0 Å². The van der Waals surface area contributed by atoms with E-state index >= 15 is 0 Å². The summed E-state index contributed by atoms with van der Waals surface area (Å²) in [5.74, 6) is 0. The van der Waals surface area contributed by atoms with E-state index in [2.05, 4.69) is 10.3 Å². The van der Waals surface area contributed by atoms with Crippen LogP contribution in [-0.2, 0) is 6.54 Å². The highest BCUT2D eigenvalue weighted by Gasteiger charge is 2.18. The maximum absolute atomic E-state index is 9.40. The third-order valence-corrected chi connectivity index (χ3v) is 3.14. The van der Waals surface area contributed by atoms with E-state index in [1.54, 1.807) is 6.20 Å². The zero-order chi connectivity index (χ0) is 11.4. The van der Waals surface area contributed by atoms with E-state index in [-0.39, 0.29) is 6.10 Å². The second kappa shape index (κ2) is 5.41. The van der Waals surface area contributed by atoms with Gasteiger partial charge in [0.05, 0.1) is 6.10 Å². The summed E-state index contributed by atoms with van der Waals surface area (Å²) in [5.41, 5.74) is 1.73. The summed E-state index contributed by atoms with van der Waals surface area (Å²) < 4.78 is 0. The molecule has 0 saturated heterocycles. The van der Waals surface area contributed by atoms with Crippen LogP contribution >= 0.6 is 0 Å². The standard InChI is InChI=1S/C13H18N2O/c1-10-8-11(6-7-14-10)9-15-12-2-4-13(16)5-3-12/h1,6-8,12-13,15-16H,2-5,9H2.